The molecule has 1 N–H and O–H groups in total. The molecule has 0 aliphatic heterocycles. The second-order valence-electron chi connectivity index (χ2n) is 6.47. The number of hydrogen-bond acceptors (Lipinski definition) is 4. The van der Waals surface area contributed by atoms with Crippen LogP contribution in [0, 0.1) is 40.7 Å². The van der Waals surface area contributed by atoms with Gasteiger partial charge in [0.25, 0.3) is 0 Å². The number of phenols is 1. The molecule has 1 heterocycles. The number of phenolic OH excluding ortho intramolecular Hbond substituents is 1. The van der Waals surface area contributed by atoms with Gasteiger partial charge in [-0.2, -0.15) is 22.4 Å². The Labute approximate surface area is 177 Å². The predicted molar refractivity (Wildman–Crippen MR) is 95.9 cm³/mol. The number of aromatic hydroxyl groups is 1. The maximum atomic E-state index is 12.2. The number of benzene rings is 2. The van der Waals surface area contributed by atoms with Crippen LogP contribution in [0.15, 0.2) is 27.4 Å². The van der Waals surface area contributed by atoms with Gasteiger partial charge in [-0.25, -0.2) is 4.79 Å². The minimum atomic E-state index is -0.546. The largest absolute Gasteiger partial charge is 3.00 e. The molecule has 0 saturated heterocycles. The first kappa shape index (κ1) is 20.6. The van der Waals surface area contributed by atoms with E-state index in [0.29, 0.717) is 11.5 Å². The molecule has 2 aromatic carbocycles. The Bertz CT molecular complexity index is 1020. The van der Waals surface area contributed by atoms with E-state index in [1.165, 1.54) is 21.9 Å². The van der Waals surface area contributed by atoms with E-state index in [1.54, 1.807) is 6.07 Å². The third-order valence-electron chi connectivity index (χ3n) is 4.79. The summed E-state index contributed by atoms with van der Waals surface area (Å²) in [5.41, 5.74) is 6.87. The quantitative estimate of drug-likeness (QED) is 0.650. The van der Waals surface area contributed by atoms with Gasteiger partial charge in [0, 0.05) is 11.3 Å². The Hall–Kier alpha value is -1.72. The van der Waals surface area contributed by atoms with Crippen molar-refractivity contribution in [2.24, 2.45) is 0 Å². The van der Waals surface area contributed by atoms with E-state index < -0.39 is 5.76 Å². The summed E-state index contributed by atoms with van der Waals surface area (Å²) in [6, 6.07) is 8.18. The minimum absolute atomic E-state index is 0. The van der Waals surface area contributed by atoms with Gasteiger partial charge in [-0.15, -0.1) is 11.2 Å². The van der Waals surface area contributed by atoms with E-state index in [1.807, 2.05) is 26.8 Å². The number of rotatable bonds is 3. The molecule has 0 aliphatic carbocycles. The Morgan fingerprint density at radius 3 is 2.50 bits per heavy atom. The third kappa shape index (κ3) is 3.84. The van der Waals surface area contributed by atoms with E-state index in [-0.39, 0.29) is 45.0 Å². The fraction of sp³-hybridized carbons (Fsp3) is 0.300. The van der Waals surface area contributed by atoms with Crippen LogP contribution in [-0.2, 0) is 39.3 Å². The topological polar surface area (TPSA) is 68.3 Å². The van der Waals surface area contributed by atoms with Crippen molar-refractivity contribution < 1.29 is 42.2 Å². The van der Waals surface area contributed by atoms with Crippen molar-refractivity contribution in [2.45, 2.75) is 41.2 Å². The molecule has 0 spiro atoms. The SMILES string of the molecule is Cc1[c-]cc(O)c(Cn2nc(-c3cc(C)c(C)c(C)c3C)oc2=O)c1.[Y+3]. The van der Waals surface area contributed by atoms with Gasteiger partial charge in [0.2, 0.25) is 5.89 Å². The van der Waals surface area contributed by atoms with Gasteiger partial charge >= 0.3 is 38.5 Å². The molecule has 0 amide bonds. The zero-order chi connectivity index (χ0) is 18.3. The monoisotopic (exact) mass is 426 g/mol. The van der Waals surface area contributed by atoms with Crippen LogP contribution in [0.3, 0.4) is 0 Å². The molecular weight excluding hydrogens is 405 g/mol. The van der Waals surface area contributed by atoms with Crippen LogP contribution in [0.4, 0.5) is 0 Å². The van der Waals surface area contributed by atoms with Crippen LogP contribution in [-0.4, -0.2) is 14.9 Å². The summed E-state index contributed by atoms with van der Waals surface area (Å²) in [6.07, 6.45) is 0. The van der Waals surface area contributed by atoms with Crippen molar-refractivity contribution in [1.82, 2.24) is 9.78 Å². The fourth-order valence-electron chi connectivity index (χ4n) is 2.89. The number of aryl methyl sites for hydroxylation is 2. The molecule has 130 valence electrons. The molecular formula is C20H21N2O3Y+2. The molecule has 26 heavy (non-hydrogen) atoms. The third-order valence-corrected chi connectivity index (χ3v) is 4.79. The summed E-state index contributed by atoms with van der Waals surface area (Å²) in [5, 5.41) is 14.3. The second kappa shape index (κ2) is 7.89. The Balaban J connectivity index is 0.00000243. The van der Waals surface area contributed by atoms with Crippen LogP contribution in [0.5, 0.6) is 5.75 Å². The molecule has 5 nitrogen and oxygen atoms in total. The maximum Gasteiger partial charge on any atom is 3.00 e. The summed E-state index contributed by atoms with van der Waals surface area (Å²) >= 11 is 0. The molecule has 1 aromatic heterocycles. The van der Waals surface area contributed by atoms with Crippen molar-refractivity contribution >= 4 is 0 Å². The van der Waals surface area contributed by atoms with Gasteiger partial charge in [0.15, 0.2) is 0 Å². The standard InChI is InChI=1S/C20H21N2O3.Y/c1-11-6-7-18(23)16(8-11)10-22-20(24)25-19(21-22)17-9-12(2)13(3)14(4)15(17)5;/h7-9,23H,10H2,1-5H3;/q-1;+3. The molecule has 0 bridgehead atoms. The van der Waals surface area contributed by atoms with Crippen LogP contribution in [0.1, 0.15) is 33.4 Å². The van der Waals surface area contributed by atoms with E-state index in [0.717, 1.165) is 22.3 Å². The van der Waals surface area contributed by atoms with E-state index in [4.69, 9.17) is 4.42 Å². The number of nitrogens with zero attached hydrogens (tertiary/aromatic N) is 2. The van der Waals surface area contributed by atoms with Crippen LogP contribution >= 0.6 is 0 Å². The van der Waals surface area contributed by atoms with E-state index in [9.17, 15) is 9.90 Å². The summed E-state index contributed by atoms with van der Waals surface area (Å²) in [6.45, 7) is 10.2. The molecule has 0 unspecified atom stereocenters. The normalized spacial score (nSPS) is 10.7. The molecule has 3 aromatic rings. The van der Waals surface area contributed by atoms with Crippen molar-refractivity contribution in [2.75, 3.05) is 0 Å². The number of aromatic nitrogens is 2. The van der Waals surface area contributed by atoms with Gasteiger partial charge in [0.05, 0.1) is 6.54 Å². The molecule has 6 heteroatoms. The van der Waals surface area contributed by atoms with Crippen LogP contribution in [0.25, 0.3) is 11.5 Å². The summed E-state index contributed by atoms with van der Waals surface area (Å²) in [7, 11) is 0. The first-order chi connectivity index (χ1) is 11.8. The summed E-state index contributed by atoms with van der Waals surface area (Å²) in [4.78, 5) is 12.2. The molecule has 0 atom stereocenters. The first-order valence-electron chi connectivity index (χ1n) is 8.14. The Kier molecular flexibility index (Phi) is 6.25. The molecule has 0 radical (unpaired) electrons. The van der Waals surface area contributed by atoms with Gasteiger partial charge in [-0.05, 0) is 56.0 Å². The second-order valence-corrected chi connectivity index (χ2v) is 6.47. The maximum absolute atomic E-state index is 12.2. The average molecular weight is 426 g/mol. The minimum Gasteiger partial charge on any atom is -0.565 e. The predicted octanol–water partition coefficient (Wildman–Crippen LogP) is 3.60. The first-order valence-corrected chi connectivity index (χ1v) is 8.14. The zero-order valence-electron chi connectivity index (χ0n) is 15.7. The van der Waals surface area contributed by atoms with Gasteiger partial charge in [0.1, 0.15) is 0 Å². The van der Waals surface area contributed by atoms with Gasteiger partial charge in [-0.3, -0.25) is 0 Å². The van der Waals surface area contributed by atoms with E-state index >= 15 is 0 Å². The molecule has 0 saturated carbocycles. The van der Waals surface area contributed by atoms with Crippen molar-refractivity contribution in [1.29, 1.82) is 0 Å². The van der Waals surface area contributed by atoms with Crippen molar-refractivity contribution in [3.05, 3.63) is 68.2 Å². The van der Waals surface area contributed by atoms with Crippen LogP contribution < -0.4 is 5.76 Å². The van der Waals surface area contributed by atoms with Gasteiger partial charge < -0.3 is 9.52 Å². The average Bonchev–Trinajstić information content (AvgIpc) is 2.93. The molecule has 3 rings (SSSR count). The van der Waals surface area contributed by atoms with Crippen molar-refractivity contribution in [3.63, 3.8) is 0 Å². The number of hydrogen-bond donors (Lipinski definition) is 1. The van der Waals surface area contributed by atoms with Crippen LogP contribution in [0.2, 0.25) is 0 Å². The smallest absolute Gasteiger partial charge is 0.565 e. The zero-order valence-corrected chi connectivity index (χ0v) is 18.5. The Morgan fingerprint density at radius 2 is 1.81 bits per heavy atom. The summed E-state index contributed by atoms with van der Waals surface area (Å²) < 4.78 is 6.61. The van der Waals surface area contributed by atoms with E-state index in [2.05, 4.69) is 25.0 Å². The van der Waals surface area contributed by atoms with Crippen molar-refractivity contribution in [3.8, 4) is 17.2 Å². The molecule has 0 fully saturated rings. The Morgan fingerprint density at radius 1 is 1.12 bits per heavy atom. The summed E-state index contributed by atoms with van der Waals surface area (Å²) in [5.74, 6) is -0.164. The fourth-order valence-corrected chi connectivity index (χ4v) is 2.89. The molecule has 0 aliphatic rings. The van der Waals surface area contributed by atoms with Gasteiger partial charge in [-0.1, -0.05) is 12.5 Å².